The monoisotopic (exact) mass is 412 g/mol. The Hall–Kier alpha value is -1.33. The fourth-order valence-corrected chi connectivity index (χ4v) is 6.18. The summed E-state index contributed by atoms with van der Waals surface area (Å²) in [6.45, 7) is 24.9. The molecule has 0 radical (unpaired) electrons. The van der Waals surface area contributed by atoms with Crippen LogP contribution in [0, 0.1) is 26.7 Å². The molecule has 0 bridgehead atoms. The molecule has 0 N–H and O–H groups in total. The molecule has 2 aromatic rings. The van der Waals surface area contributed by atoms with Crippen LogP contribution in [0.3, 0.4) is 0 Å². The van der Waals surface area contributed by atoms with Gasteiger partial charge >= 0.3 is 0 Å². The molecule has 0 heterocycles. The third-order valence-corrected chi connectivity index (χ3v) is 7.96. The maximum Gasteiger partial charge on any atom is 0.127 e. The molecule has 0 aromatic heterocycles. The van der Waals surface area contributed by atoms with Crippen molar-refractivity contribution in [3.05, 3.63) is 58.1 Å². The molecule has 0 aliphatic carbocycles. The summed E-state index contributed by atoms with van der Waals surface area (Å²) in [5.74, 6) is 1.64. The minimum absolute atomic E-state index is 0.0345. The van der Waals surface area contributed by atoms with E-state index in [4.69, 9.17) is 4.52 Å². The van der Waals surface area contributed by atoms with Gasteiger partial charge in [0.25, 0.3) is 0 Å². The van der Waals surface area contributed by atoms with E-state index in [-0.39, 0.29) is 10.8 Å². The lowest BCUT2D eigenvalue weighted by Gasteiger charge is -2.30. The van der Waals surface area contributed by atoms with Gasteiger partial charge in [-0.3, -0.25) is 0 Å². The molecular weight excluding hydrogens is 371 g/mol. The van der Waals surface area contributed by atoms with Crippen LogP contribution in [-0.4, -0.2) is 6.16 Å². The van der Waals surface area contributed by atoms with Crippen LogP contribution >= 0.6 is 8.15 Å². The molecule has 0 saturated heterocycles. The summed E-state index contributed by atoms with van der Waals surface area (Å²) in [5.41, 5.74) is 6.89. The van der Waals surface area contributed by atoms with E-state index < -0.39 is 8.15 Å². The average Bonchev–Trinajstić information content (AvgIpc) is 2.51. The summed E-state index contributed by atoms with van der Waals surface area (Å²) in [7, 11) is -0.727. The number of hydrogen-bond acceptors (Lipinski definition) is 1. The summed E-state index contributed by atoms with van der Waals surface area (Å²) in [4.78, 5) is 0. The van der Waals surface area contributed by atoms with Crippen molar-refractivity contribution < 1.29 is 4.52 Å². The van der Waals surface area contributed by atoms with E-state index in [9.17, 15) is 0 Å². The first-order chi connectivity index (χ1) is 13.2. The highest BCUT2D eigenvalue weighted by atomic mass is 31.1. The second kappa shape index (κ2) is 8.81. The predicted molar refractivity (Wildman–Crippen MR) is 131 cm³/mol. The molecule has 0 amide bonds. The minimum atomic E-state index is -0.727. The summed E-state index contributed by atoms with van der Waals surface area (Å²) in [6.07, 6.45) is 1.07. The Labute approximate surface area is 181 Å². The lowest BCUT2D eigenvalue weighted by molar-refractivity contribution is 0.527. The zero-order valence-electron chi connectivity index (χ0n) is 20.5. The second-order valence-electron chi connectivity index (χ2n) is 11.0. The van der Waals surface area contributed by atoms with Crippen LogP contribution < -0.4 is 9.83 Å². The predicted octanol–water partition coefficient (Wildman–Crippen LogP) is 7.96. The van der Waals surface area contributed by atoms with Gasteiger partial charge in [-0.05, 0) is 60.3 Å². The quantitative estimate of drug-likeness (QED) is 0.453. The molecule has 2 rings (SSSR count). The van der Waals surface area contributed by atoms with Crippen LogP contribution in [0.1, 0.15) is 83.2 Å². The van der Waals surface area contributed by atoms with Crippen molar-refractivity contribution >= 4 is 13.5 Å². The first-order valence-corrected chi connectivity index (χ1v) is 12.3. The van der Waals surface area contributed by atoms with Crippen molar-refractivity contribution in [2.45, 2.75) is 87.0 Å². The summed E-state index contributed by atoms with van der Waals surface area (Å²) < 4.78 is 6.90. The smallest absolute Gasteiger partial charge is 0.127 e. The second-order valence-corrected chi connectivity index (χ2v) is 12.8. The number of aryl methyl sites for hydroxylation is 3. The van der Waals surface area contributed by atoms with E-state index in [1.165, 1.54) is 33.1 Å². The summed E-state index contributed by atoms with van der Waals surface area (Å²) >= 11 is 0. The summed E-state index contributed by atoms with van der Waals surface area (Å²) in [5, 5.41) is 1.42. The molecule has 2 heteroatoms. The molecule has 0 aliphatic heterocycles. The van der Waals surface area contributed by atoms with Gasteiger partial charge in [-0.1, -0.05) is 85.2 Å². The molecule has 2 aromatic carbocycles. The Morgan fingerprint density at radius 3 is 1.83 bits per heavy atom. The standard InChI is InChI=1S/C27H41OP/c1-18(2)17-29(25-20(4)14-19(3)15-21(25)5)28-24-13-12-22(26(6,7)8)16-23(24)27(9,10)11/h12-16,18H,17H2,1-11H3. The highest BCUT2D eigenvalue weighted by Crippen LogP contribution is 2.45. The Morgan fingerprint density at radius 2 is 1.38 bits per heavy atom. The Kier molecular flexibility index (Phi) is 7.27. The number of hydrogen-bond donors (Lipinski definition) is 0. The Balaban J connectivity index is 2.57. The minimum Gasteiger partial charge on any atom is -0.469 e. The largest absolute Gasteiger partial charge is 0.469 e. The van der Waals surface area contributed by atoms with Crippen molar-refractivity contribution in [3.63, 3.8) is 0 Å². The first kappa shape index (κ1) is 23.9. The van der Waals surface area contributed by atoms with Crippen molar-refractivity contribution in [3.8, 4) is 5.75 Å². The van der Waals surface area contributed by atoms with Gasteiger partial charge in [0.1, 0.15) is 13.9 Å². The van der Waals surface area contributed by atoms with E-state index in [0.717, 1.165) is 11.9 Å². The Morgan fingerprint density at radius 1 is 0.828 bits per heavy atom. The molecule has 0 aliphatic rings. The van der Waals surface area contributed by atoms with E-state index in [2.05, 4.69) is 106 Å². The van der Waals surface area contributed by atoms with Crippen molar-refractivity contribution in [1.82, 2.24) is 0 Å². The van der Waals surface area contributed by atoms with Crippen LogP contribution in [-0.2, 0) is 10.8 Å². The zero-order valence-corrected chi connectivity index (χ0v) is 21.4. The third-order valence-electron chi connectivity index (χ3n) is 5.28. The molecule has 0 saturated carbocycles. The van der Waals surface area contributed by atoms with E-state index in [1.807, 2.05) is 0 Å². The van der Waals surface area contributed by atoms with Crippen molar-refractivity contribution in [2.75, 3.05) is 6.16 Å². The lowest BCUT2D eigenvalue weighted by Crippen LogP contribution is -2.20. The fourth-order valence-electron chi connectivity index (χ4n) is 3.85. The number of benzene rings is 2. The van der Waals surface area contributed by atoms with Gasteiger partial charge < -0.3 is 4.52 Å². The van der Waals surface area contributed by atoms with Crippen LogP contribution in [0.15, 0.2) is 30.3 Å². The van der Waals surface area contributed by atoms with Crippen molar-refractivity contribution in [2.24, 2.45) is 5.92 Å². The molecule has 29 heavy (non-hydrogen) atoms. The normalized spacial score (nSPS) is 13.7. The van der Waals surface area contributed by atoms with Crippen molar-refractivity contribution in [1.29, 1.82) is 0 Å². The van der Waals surface area contributed by atoms with Gasteiger partial charge in [-0.15, -0.1) is 0 Å². The van der Waals surface area contributed by atoms with Crippen LogP contribution in [0.25, 0.3) is 0 Å². The molecule has 160 valence electrons. The van der Waals surface area contributed by atoms with Gasteiger partial charge in [-0.2, -0.15) is 0 Å². The van der Waals surface area contributed by atoms with Crippen LogP contribution in [0.2, 0.25) is 0 Å². The topological polar surface area (TPSA) is 9.23 Å². The fraction of sp³-hybridized carbons (Fsp3) is 0.556. The maximum atomic E-state index is 6.90. The van der Waals surface area contributed by atoms with Crippen LogP contribution in [0.4, 0.5) is 0 Å². The maximum absolute atomic E-state index is 6.90. The van der Waals surface area contributed by atoms with E-state index >= 15 is 0 Å². The third kappa shape index (κ3) is 6.08. The molecule has 1 atom stereocenters. The van der Waals surface area contributed by atoms with Gasteiger partial charge in [0, 0.05) is 17.0 Å². The van der Waals surface area contributed by atoms with Gasteiger partial charge in [-0.25, -0.2) is 0 Å². The summed E-state index contributed by atoms with van der Waals surface area (Å²) in [6, 6.07) is 11.4. The SMILES string of the molecule is Cc1cc(C)c(P(CC(C)C)Oc2ccc(C(C)(C)C)cc2C(C)(C)C)c(C)c1. The number of rotatable bonds is 5. The zero-order chi connectivity index (χ0) is 22.1. The van der Waals surface area contributed by atoms with E-state index in [0.29, 0.717) is 5.92 Å². The molecule has 0 spiro atoms. The molecule has 1 nitrogen and oxygen atoms in total. The van der Waals surface area contributed by atoms with Gasteiger partial charge in [0.05, 0.1) is 0 Å². The molecule has 1 unspecified atom stereocenters. The average molecular weight is 413 g/mol. The van der Waals surface area contributed by atoms with Gasteiger partial charge in [0.15, 0.2) is 0 Å². The van der Waals surface area contributed by atoms with Crippen LogP contribution in [0.5, 0.6) is 5.75 Å². The first-order valence-electron chi connectivity index (χ1n) is 10.9. The Bertz CT molecular complexity index is 827. The van der Waals surface area contributed by atoms with Gasteiger partial charge in [0.2, 0.25) is 0 Å². The lowest BCUT2D eigenvalue weighted by atomic mass is 9.80. The molecule has 0 fully saturated rings. The highest BCUT2D eigenvalue weighted by Gasteiger charge is 2.27. The highest BCUT2D eigenvalue weighted by molar-refractivity contribution is 7.61. The van der Waals surface area contributed by atoms with E-state index in [1.54, 1.807) is 0 Å². The molecular formula is C27H41OP.